The Hall–Kier alpha value is -1.45. The summed E-state index contributed by atoms with van der Waals surface area (Å²) in [7, 11) is 0.0490. The highest BCUT2D eigenvalue weighted by Crippen LogP contribution is 2.16. The van der Waals surface area contributed by atoms with Crippen LogP contribution in [0.5, 0.6) is 0 Å². The molecule has 2 heterocycles. The van der Waals surface area contributed by atoms with E-state index in [0.717, 1.165) is 44.2 Å². The lowest BCUT2D eigenvalue weighted by Gasteiger charge is -2.35. The number of sulfonamides is 1. The van der Waals surface area contributed by atoms with Crippen molar-refractivity contribution < 1.29 is 8.42 Å². The van der Waals surface area contributed by atoms with E-state index >= 15 is 0 Å². The highest BCUT2D eigenvalue weighted by molar-refractivity contribution is 7.89. The Morgan fingerprint density at radius 1 is 1.22 bits per heavy atom. The maximum absolute atomic E-state index is 11.7. The molecule has 0 radical (unpaired) electrons. The standard InChI is InChI=1S/C14H26N6O2S/c1-12-11-13(17-14(15)16-12)20-8-6-19(7-9-20)5-4-10-23(21,22)18(2)3/h11H,4-10H2,1-3H3,(H2,15,16,17). The fourth-order valence-electron chi connectivity index (χ4n) is 2.59. The van der Waals surface area contributed by atoms with Crippen LogP contribution in [0.2, 0.25) is 0 Å². The molecule has 130 valence electrons. The molecule has 0 atom stereocenters. The SMILES string of the molecule is Cc1cc(N2CCN(CCCS(=O)(=O)N(C)C)CC2)nc(N)n1. The van der Waals surface area contributed by atoms with Crippen LogP contribution in [0.25, 0.3) is 0 Å². The Morgan fingerprint density at radius 3 is 2.43 bits per heavy atom. The van der Waals surface area contributed by atoms with Crippen LogP contribution in [0, 0.1) is 6.92 Å². The van der Waals surface area contributed by atoms with Crippen molar-refractivity contribution in [3.63, 3.8) is 0 Å². The van der Waals surface area contributed by atoms with Crippen LogP contribution in [0.15, 0.2) is 6.07 Å². The van der Waals surface area contributed by atoms with Crippen molar-refractivity contribution in [3.05, 3.63) is 11.8 Å². The number of piperazine rings is 1. The number of nitrogens with two attached hydrogens (primary N) is 1. The lowest BCUT2D eigenvalue weighted by Crippen LogP contribution is -2.47. The molecule has 2 rings (SSSR count). The Morgan fingerprint density at radius 2 is 1.87 bits per heavy atom. The van der Waals surface area contributed by atoms with Crippen LogP contribution in [0.1, 0.15) is 12.1 Å². The van der Waals surface area contributed by atoms with E-state index < -0.39 is 10.0 Å². The van der Waals surface area contributed by atoms with Crippen molar-refractivity contribution in [2.75, 3.05) is 63.2 Å². The van der Waals surface area contributed by atoms with E-state index in [0.29, 0.717) is 12.4 Å². The number of hydrogen-bond acceptors (Lipinski definition) is 7. The van der Waals surface area contributed by atoms with E-state index in [1.807, 2.05) is 13.0 Å². The Labute approximate surface area is 138 Å². The fraction of sp³-hybridized carbons (Fsp3) is 0.714. The normalized spacial score (nSPS) is 17.0. The maximum Gasteiger partial charge on any atom is 0.222 e. The Bertz CT molecular complexity index is 606. The third-order valence-electron chi connectivity index (χ3n) is 3.99. The third kappa shape index (κ3) is 5.02. The molecule has 0 bridgehead atoms. The van der Waals surface area contributed by atoms with E-state index in [-0.39, 0.29) is 5.75 Å². The van der Waals surface area contributed by atoms with E-state index in [1.54, 1.807) is 14.1 Å². The third-order valence-corrected chi connectivity index (χ3v) is 5.90. The number of aryl methyl sites for hydroxylation is 1. The molecule has 1 aromatic rings. The maximum atomic E-state index is 11.7. The molecule has 1 fully saturated rings. The van der Waals surface area contributed by atoms with Gasteiger partial charge >= 0.3 is 0 Å². The van der Waals surface area contributed by atoms with Crippen molar-refractivity contribution in [1.82, 2.24) is 19.2 Å². The predicted molar refractivity (Wildman–Crippen MR) is 91.9 cm³/mol. The average molecular weight is 342 g/mol. The molecule has 9 heteroatoms. The number of aromatic nitrogens is 2. The number of nitrogen functional groups attached to an aromatic ring is 1. The van der Waals surface area contributed by atoms with Gasteiger partial charge in [0.2, 0.25) is 16.0 Å². The second-order valence-electron chi connectivity index (χ2n) is 6.01. The van der Waals surface area contributed by atoms with Gasteiger partial charge in [-0.1, -0.05) is 0 Å². The average Bonchev–Trinajstić information content (AvgIpc) is 2.46. The Balaban J connectivity index is 1.80. The zero-order chi connectivity index (χ0) is 17.0. The first-order chi connectivity index (χ1) is 10.8. The summed E-state index contributed by atoms with van der Waals surface area (Å²) in [5.41, 5.74) is 6.57. The number of nitrogens with zero attached hydrogens (tertiary/aromatic N) is 5. The quantitative estimate of drug-likeness (QED) is 0.763. The minimum Gasteiger partial charge on any atom is -0.368 e. The summed E-state index contributed by atoms with van der Waals surface area (Å²) in [4.78, 5) is 12.9. The van der Waals surface area contributed by atoms with Crippen LogP contribution in [-0.2, 0) is 10.0 Å². The molecule has 1 saturated heterocycles. The van der Waals surface area contributed by atoms with Gasteiger partial charge in [-0.3, -0.25) is 4.90 Å². The molecule has 23 heavy (non-hydrogen) atoms. The first-order valence-electron chi connectivity index (χ1n) is 7.76. The molecule has 0 aromatic carbocycles. The minimum atomic E-state index is -3.10. The van der Waals surface area contributed by atoms with Gasteiger partial charge in [0.25, 0.3) is 0 Å². The van der Waals surface area contributed by atoms with Crippen LogP contribution >= 0.6 is 0 Å². The van der Waals surface area contributed by atoms with E-state index in [9.17, 15) is 8.42 Å². The molecule has 2 N–H and O–H groups in total. The number of hydrogen-bond donors (Lipinski definition) is 1. The second-order valence-corrected chi connectivity index (χ2v) is 8.31. The smallest absolute Gasteiger partial charge is 0.222 e. The lowest BCUT2D eigenvalue weighted by molar-refractivity contribution is 0.258. The van der Waals surface area contributed by atoms with Crippen LogP contribution in [-0.4, -0.2) is 80.2 Å². The molecule has 1 aliphatic rings. The minimum absolute atomic E-state index is 0.196. The lowest BCUT2D eigenvalue weighted by atomic mass is 10.3. The van der Waals surface area contributed by atoms with Gasteiger partial charge in [0, 0.05) is 52.0 Å². The van der Waals surface area contributed by atoms with Gasteiger partial charge in [-0.15, -0.1) is 0 Å². The summed E-state index contributed by atoms with van der Waals surface area (Å²) in [5.74, 6) is 1.36. The highest BCUT2D eigenvalue weighted by Gasteiger charge is 2.20. The number of rotatable bonds is 6. The first kappa shape index (κ1) is 17.9. The summed E-state index contributed by atoms with van der Waals surface area (Å²) in [5, 5.41) is 0. The van der Waals surface area contributed by atoms with Crippen LogP contribution < -0.4 is 10.6 Å². The topological polar surface area (TPSA) is 95.7 Å². The zero-order valence-corrected chi connectivity index (χ0v) is 14.9. The monoisotopic (exact) mass is 342 g/mol. The van der Waals surface area contributed by atoms with Crippen molar-refractivity contribution >= 4 is 21.8 Å². The van der Waals surface area contributed by atoms with Gasteiger partial charge in [0.15, 0.2) is 0 Å². The van der Waals surface area contributed by atoms with E-state index in [1.165, 1.54) is 4.31 Å². The van der Waals surface area contributed by atoms with Gasteiger partial charge in [-0.05, 0) is 19.9 Å². The molecule has 0 saturated carbocycles. The van der Waals surface area contributed by atoms with Gasteiger partial charge in [-0.25, -0.2) is 17.7 Å². The van der Waals surface area contributed by atoms with Gasteiger partial charge < -0.3 is 10.6 Å². The Kier molecular flexibility index (Phi) is 5.77. The summed E-state index contributed by atoms with van der Waals surface area (Å²) in [6, 6.07) is 1.94. The molecule has 0 amide bonds. The second kappa shape index (κ2) is 7.41. The van der Waals surface area contributed by atoms with Crippen LogP contribution in [0.4, 0.5) is 11.8 Å². The van der Waals surface area contributed by atoms with Crippen LogP contribution in [0.3, 0.4) is 0 Å². The fourth-order valence-corrected chi connectivity index (χ4v) is 3.45. The highest BCUT2D eigenvalue weighted by atomic mass is 32.2. The molecule has 8 nitrogen and oxygen atoms in total. The van der Waals surface area contributed by atoms with E-state index in [2.05, 4.69) is 19.8 Å². The molecule has 0 unspecified atom stereocenters. The van der Waals surface area contributed by atoms with Crippen molar-refractivity contribution in [3.8, 4) is 0 Å². The van der Waals surface area contributed by atoms with Crippen molar-refractivity contribution in [2.45, 2.75) is 13.3 Å². The summed E-state index contributed by atoms with van der Waals surface area (Å²) in [6.07, 6.45) is 0.653. The van der Waals surface area contributed by atoms with Crippen molar-refractivity contribution in [1.29, 1.82) is 0 Å². The van der Waals surface area contributed by atoms with Gasteiger partial charge in [0.05, 0.1) is 5.75 Å². The van der Waals surface area contributed by atoms with Crippen molar-refractivity contribution in [2.24, 2.45) is 0 Å². The molecule has 0 aliphatic carbocycles. The largest absolute Gasteiger partial charge is 0.368 e. The molecular formula is C14H26N6O2S. The van der Waals surface area contributed by atoms with Gasteiger partial charge in [0.1, 0.15) is 5.82 Å². The summed E-state index contributed by atoms with van der Waals surface area (Å²) in [6.45, 7) is 6.21. The molecule has 1 aromatic heterocycles. The predicted octanol–water partition coefficient (Wildman–Crippen LogP) is -0.229. The first-order valence-corrected chi connectivity index (χ1v) is 9.37. The molecule has 1 aliphatic heterocycles. The molecule has 0 spiro atoms. The zero-order valence-electron chi connectivity index (χ0n) is 14.1. The summed E-state index contributed by atoms with van der Waals surface area (Å²) < 4.78 is 24.8. The molecular weight excluding hydrogens is 316 g/mol. The number of anilines is 2. The summed E-state index contributed by atoms with van der Waals surface area (Å²) >= 11 is 0. The van der Waals surface area contributed by atoms with Gasteiger partial charge in [-0.2, -0.15) is 4.98 Å². The van der Waals surface area contributed by atoms with E-state index in [4.69, 9.17) is 5.73 Å².